The first-order valence-corrected chi connectivity index (χ1v) is 11.9. The molecule has 1 aliphatic carbocycles. The number of halogens is 1. The number of hydrogen-bond donors (Lipinski definition) is 1. The van der Waals surface area contributed by atoms with Crippen LogP contribution in [0, 0.1) is 19.7 Å². The van der Waals surface area contributed by atoms with Gasteiger partial charge in [-0.05, 0) is 80.9 Å². The van der Waals surface area contributed by atoms with Gasteiger partial charge in [0, 0.05) is 29.3 Å². The zero-order valence-electron chi connectivity index (χ0n) is 18.6. The molecule has 6 heteroatoms. The lowest BCUT2D eigenvalue weighted by Gasteiger charge is -2.37. The van der Waals surface area contributed by atoms with Gasteiger partial charge in [-0.1, -0.05) is 31.4 Å². The van der Waals surface area contributed by atoms with Crippen molar-refractivity contribution >= 4 is 17.3 Å². The molecule has 3 heterocycles. The minimum atomic E-state index is -0.226. The Bertz CT molecular complexity index is 1120. The van der Waals surface area contributed by atoms with E-state index >= 15 is 0 Å². The SMILES string of the molecule is Cc1cc([C@H]2[C@@H](c3ccccn3)NC(=S)N2C2CCCCC2)c(C)n1-c1cccc(F)c1. The summed E-state index contributed by atoms with van der Waals surface area (Å²) in [7, 11) is 0. The Morgan fingerprint density at radius 3 is 2.56 bits per heavy atom. The summed E-state index contributed by atoms with van der Waals surface area (Å²) < 4.78 is 16.2. The van der Waals surface area contributed by atoms with Gasteiger partial charge in [0.1, 0.15) is 5.82 Å². The minimum absolute atomic E-state index is 0.0212. The average Bonchev–Trinajstić information content (AvgIpc) is 3.30. The van der Waals surface area contributed by atoms with E-state index in [-0.39, 0.29) is 17.9 Å². The van der Waals surface area contributed by atoms with E-state index in [1.807, 2.05) is 24.4 Å². The molecular weight excluding hydrogens is 419 g/mol. The van der Waals surface area contributed by atoms with Crippen LogP contribution in [0.15, 0.2) is 54.7 Å². The molecule has 166 valence electrons. The molecule has 1 saturated carbocycles. The van der Waals surface area contributed by atoms with E-state index in [0.29, 0.717) is 6.04 Å². The van der Waals surface area contributed by atoms with E-state index in [1.54, 1.807) is 12.1 Å². The van der Waals surface area contributed by atoms with Crippen molar-refractivity contribution < 1.29 is 4.39 Å². The smallest absolute Gasteiger partial charge is 0.170 e. The Morgan fingerprint density at radius 1 is 1.03 bits per heavy atom. The maximum Gasteiger partial charge on any atom is 0.170 e. The fourth-order valence-electron chi connectivity index (χ4n) is 5.55. The lowest BCUT2D eigenvalue weighted by molar-refractivity contribution is 0.197. The van der Waals surface area contributed by atoms with Crippen molar-refractivity contribution in [2.45, 2.75) is 64.1 Å². The number of aryl methyl sites for hydroxylation is 1. The molecule has 1 aromatic carbocycles. The summed E-state index contributed by atoms with van der Waals surface area (Å²) in [5, 5.41) is 4.41. The van der Waals surface area contributed by atoms with Gasteiger partial charge in [-0.3, -0.25) is 4.98 Å². The molecule has 1 saturated heterocycles. The maximum absolute atomic E-state index is 14.0. The molecule has 5 rings (SSSR count). The molecule has 2 atom stereocenters. The molecule has 0 radical (unpaired) electrons. The number of aromatic nitrogens is 2. The molecule has 0 amide bonds. The highest BCUT2D eigenvalue weighted by Crippen LogP contribution is 2.44. The molecule has 32 heavy (non-hydrogen) atoms. The molecule has 1 aliphatic heterocycles. The number of pyridine rings is 1. The molecule has 0 unspecified atom stereocenters. The third kappa shape index (κ3) is 3.71. The molecule has 4 nitrogen and oxygen atoms in total. The van der Waals surface area contributed by atoms with Crippen molar-refractivity contribution in [1.82, 2.24) is 19.8 Å². The molecule has 2 fully saturated rings. The number of rotatable bonds is 4. The fraction of sp³-hybridized carbons (Fsp3) is 0.385. The van der Waals surface area contributed by atoms with Crippen LogP contribution in [0.3, 0.4) is 0 Å². The van der Waals surface area contributed by atoms with Crippen LogP contribution in [0.5, 0.6) is 0 Å². The zero-order chi connectivity index (χ0) is 22.2. The summed E-state index contributed by atoms with van der Waals surface area (Å²) in [6, 6.07) is 15.6. The van der Waals surface area contributed by atoms with Gasteiger partial charge in [-0.2, -0.15) is 0 Å². The second-order valence-electron chi connectivity index (χ2n) is 8.97. The van der Waals surface area contributed by atoms with Crippen LogP contribution in [0.4, 0.5) is 4.39 Å². The first-order valence-electron chi connectivity index (χ1n) is 11.5. The summed E-state index contributed by atoms with van der Waals surface area (Å²) in [4.78, 5) is 7.11. The first kappa shape index (κ1) is 21.1. The fourth-order valence-corrected chi connectivity index (χ4v) is 5.94. The Kier molecular flexibility index (Phi) is 5.72. The maximum atomic E-state index is 14.0. The van der Waals surface area contributed by atoms with E-state index in [0.717, 1.165) is 40.7 Å². The lowest BCUT2D eigenvalue weighted by atomic mass is 9.90. The summed E-state index contributed by atoms with van der Waals surface area (Å²) in [5.41, 5.74) is 5.27. The molecule has 0 bridgehead atoms. The zero-order valence-corrected chi connectivity index (χ0v) is 19.4. The van der Waals surface area contributed by atoms with Crippen LogP contribution in [0.25, 0.3) is 5.69 Å². The predicted molar refractivity (Wildman–Crippen MR) is 129 cm³/mol. The van der Waals surface area contributed by atoms with Gasteiger partial charge in [-0.25, -0.2) is 4.39 Å². The van der Waals surface area contributed by atoms with Gasteiger partial charge in [0.05, 0.1) is 17.8 Å². The van der Waals surface area contributed by atoms with Gasteiger partial charge < -0.3 is 14.8 Å². The van der Waals surface area contributed by atoms with Crippen molar-refractivity contribution in [2.75, 3.05) is 0 Å². The Hall–Kier alpha value is -2.73. The van der Waals surface area contributed by atoms with Crippen LogP contribution in [0.2, 0.25) is 0 Å². The van der Waals surface area contributed by atoms with Gasteiger partial charge >= 0.3 is 0 Å². The molecule has 3 aromatic rings. The summed E-state index contributed by atoms with van der Waals surface area (Å²) in [6.07, 6.45) is 7.95. The number of nitrogens with zero attached hydrogens (tertiary/aromatic N) is 3. The van der Waals surface area contributed by atoms with Gasteiger partial charge in [0.15, 0.2) is 5.11 Å². The second-order valence-corrected chi connectivity index (χ2v) is 9.35. The van der Waals surface area contributed by atoms with E-state index in [9.17, 15) is 4.39 Å². The summed E-state index contributed by atoms with van der Waals surface area (Å²) in [6.45, 7) is 4.21. The van der Waals surface area contributed by atoms with Crippen LogP contribution >= 0.6 is 12.2 Å². The molecular formula is C26H29FN4S. The molecule has 1 N–H and O–H groups in total. The number of benzene rings is 1. The van der Waals surface area contributed by atoms with Crippen molar-refractivity contribution in [2.24, 2.45) is 0 Å². The lowest BCUT2D eigenvalue weighted by Crippen LogP contribution is -2.40. The number of thiocarbonyl (C=S) groups is 1. The monoisotopic (exact) mass is 448 g/mol. The number of hydrogen-bond acceptors (Lipinski definition) is 2. The average molecular weight is 449 g/mol. The third-order valence-electron chi connectivity index (χ3n) is 6.96. The van der Waals surface area contributed by atoms with Crippen molar-refractivity contribution in [1.29, 1.82) is 0 Å². The second kappa shape index (κ2) is 8.66. The van der Waals surface area contributed by atoms with Crippen molar-refractivity contribution in [3.8, 4) is 5.69 Å². The Morgan fingerprint density at radius 2 is 1.84 bits per heavy atom. The van der Waals surface area contributed by atoms with E-state index < -0.39 is 0 Å². The van der Waals surface area contributed by atoms with Crippen molar-refractivity contribution in [3.63, 3.8) is 0 Å². The highest BCUT2D eigenvalue weighted by Gasteiger charge is 2.44. The van der Waals surface area contributed by atoms with Crippen LogP contribution in [-0.2, 0) is 0 Å². The number of nitrogens with one attached hydrogen (secondary N) is 1. The molecule has 0 spiro atoms. The predicted octanol–water partition coefficient (Wildman–Crippen LogP) is 5.93. The third-order valence-corrected chi connectivity index (χ3v) is 7.29. The van der Waals surface area contributed by atoms with Crippen LogP contribution < -0.4 is 5.32 Å². The molecule has 2 aromatic heterocycles. The van der Waals surface area contributed by atoms with Crippen LogP contribution in [-0.4, -0.2) is 25.6 Å². The van der Waals surface area contributed by atoms with Crippen molar-refractivity contribution in [3.05, 3.63) is 83.2 Å². The van der Waals surface area contributed by atoms with E-state index in [4.69, 9.17) is 12.2 Å². The standard InChI is InChI=1S/C26H29FN4S/c1-17-15-22(18(2)30(17)21-12-8-9-19(27)16-21)25-24(23-13-6-7-14-28-23)29-26(32)31(25)20-10-4-3-5-11-20/h6-9,12-16,20,24-25H,3-5,10-11H2,1-2H3,(H,29,32)/t24-,25+/m1/s1. The summed E-state index contributed by atoms with van der Waals surface area (Å²) in [5.74, 6) is -0.226. The highest BCUT2D eigenvalue weighted by molar-refractivity contribution is 7.80. The van der Waals surface area contributed by atoms with Gasteiger partial charge in [-0.15, -0.1) is 0 Å². The van der Waals surface area contributed by atoms with Gasteiger partial charge in [0.25, 0.3) is 0 Å². The normalized spacial score (nSPS) is 21.7. The van der Waals surface area contributed by atoms with Gasteiger partial charge in [0.2, 0.25) is 0 Å². The Labute approximate surface area is 194 Å². The largest absolute Gasteiger partial charge is 0.352 e. The Balaban J connectivity index is 1.63. The topological polar surface area (TPSA) is 33.1 Å². The van der Waals surface area contributed by atoms with E-state index in [1.165, 1.54) is 30.9 Å². The summed E-state index contributed by atoms with van der Waals surface area (Å²) >= 11 is 5.90. The van der Waals surface area contributed by atoms with Crippen LogP contribution in [0.1, 0.15) is 66.8 Å². The van der Waals surface area contributed by atoms with E-state index in [2.05, 4.69) is 45.7 Å². The first-order chi connectivity index (χ1) is 15.5. The quantitative estimate of drug-likeness (QED) is 0.501. The minimum Gasteiger partial charge on any atom is -0.352 e. The highest BCUT2D eigenvalue weighted by atomic mass is 32.1. The molecule has 2 aliphatic rings.